The fourth-order valence-electron chi connectivity index (χ4n) is 2.00. The number of hydrogen-bond acceptors (Lipinski definition) is 7. The minimum absolute atomic E-state index is 0.382. The summed E-state index contributed by atoms with van der Waals surface area (Å²) in [5.41, 5.74) is 5.38. The molecule has 1 rings (SSSR count). The molecule has 0 spiro atoms. The highest BCUT2D eigenvalue weighted by Crippen LogP contribution is 2.22. The van der Waals surface area contributed by atoms with E-state index in [2.05, 4.69) is 0 Å². The topological polar surface area (TPSA) is 125 Å². The number of aliphatic hydroxyl groups is 4. The van der Waals surface area contributed by atoms with Crippen LogP contribution in [-0.2, 0) is 9.47 Å². The van der Waals surface area contributed by atoms with Crippen LogP contribution in [0.1, 0.15) is 25.7 Å². The molecule has 0 aromatic heterocycles. The normalized spacial score (nSPS) is 35.5. The first-order chi connectivity index (χ1) is 9.11. The summed E-state index contributed by atoms with van der Waals surface area (Å²) in [6.45, 7) is 0.613. The van der Waals surface area contributed by atoms with Crippen LogP contribution in [0.25, 0.3) is 0 Å². The molecule has 19 heavy (non-hydrogen) atoms. The van der Waals surface area contributed by atoms with Gasteiger partial charge in [-0.3, -0.25) is 0 Å². The van der Waals surface area contributed by atoms with Gasteiger partial charge in [-0.2, -0.15) is 0 Å². The Morgan fingerprint density at radius 2 is 1.63 bits per heavy atom. The first-order valence-corrected chi connectivity index (χ1v) is 6.74. The summed E-state index contributed by atoms with van der Waals surface area (Å²) in [6, 6.07) is 0. The second kappa shape index (κ2) is 8.80. The van der Waals surface area contributed by atoms with Gasteiger partial charge in [0, 0.05) is 6.61 Å². The standard InChI is InChI=1S/C12H25NO6/c13-5-3-1-2-4-6-18-12-11(17)10(16)9(15)8(7-14)19-12/h8-12,14-17H,1-7,13H2/t8-,9+,10+,11-,12-/m1/s1. The van der Waals surface area contributed by atoms with Crippen molar-refractivity contribution in [3.05, 3.63) is 0 Å². The summed E-state index contributed by atoms with van der Waals surface area (Å²) in [5.74, 6) is 0. The molecule has 0 bridgehead atoms. The lowest BCUT2D eigenvalue weighted by Crippen LogP contribution is -2.59. The van der Waals surface area contributed by atoms with Gasteiger partial charge in [0.1, 0.15) is 24.4 Å². The third-order valence-corrected chi connectivity index (χ3v) is 3.23. The van der Waals surface area contributed by atoms with Gasteiger partial charge in [-0.25, -0.2) is 0 Å². The van der Waals surface area contributed by atoms with Crippen LogP contribution in [0.5, 0.6) is 0 Å². The Morgan fingerprint density at radius 3 is 2.26 bits per heavy atom. The maximum absolute atomic E-state index is 9.70. The van der Waals surface area contributed by atoms with Crippen LogP contribution in [-0.4, -0.2) is 70.9 Å². The van der Waals surface area contributed by atoms with E-state index in [9.17, 15) is 15.3 Å². The van der Waals surface area contributed by atoms with Crippen LogP contribution >= 0.6 is 0 Å². The molecule has 7 heteroatoms. The predicted octanol–water partition coefficient (Wildman–Crippen LogP) is -1.68. The molecule has 114 valence electrons. The largest absolute Gasteiger partial charge is 0.394 e. The summed E-state index contributed by atoms with van der Waals surface area (Å²) in [6.07, 6.45) is -2.22. The predicted molar refractivity (Wildman–Crippen MR) is 67.2 cm³/mol. The lowest BCUT2D eigenvalue weighted by molar-refractivity contribution is -0.301. The minimum Gasteiger partial charge on any atom is -0.394 e. The molecule has 7 nitrogen and oxygen atoms in total. The summed E-state index contributed by atoms with van der Waals surface area (Å²) in [7, 11) is 0. The number of aliphatic hydroxyl groups excluding tert-OH is 4. The van der Waals surface area contributed by atoms with Crippen molar-refractivity contribution >= 4 is 0 Å². The lowest BCUT2D eigenvalue weighted by Gasteiger charge is -2.39. The lowest BCUT2D eigenvalue weighted by atomic mass is 9.99. The fourth-order valence-corrected chi connectivity index (χ4v) is 2.00. The SMILES string of the molecule is NCCCCCCO[C@@H]1O[C@H](CO)[C@H](O)[C@H](O)[C@H]1O. The van der Waals surface area contributed by atoms with Crippen molar-refractivity contribution in [1.82, 2.24) is 0 Å². The van der Waals surface area contributed by atoms with Gasteiger partial charge >= 0.3 is 0 Å². The van der Waals surface area contributed by atoms with Crippen molar-refractivity contribution in [1.29, 1.82) is 0 Å². The molecule has 0 aliphatic carbocycles. The van der Waals surface area contributed by atoms with E-state index in [4.69, 9.17) is 20.3 Å². The Morgan fingerprint density at radius 1 is 0.947 bits per heavy atom. The minimum atomic E-state index is -1.38. The van der Waals surface area contributed by atoms with Gasteiger partial charge in [-0.1, -0.05) is 12.8 Å². The highest BCUT2D eigenvalue weighted by atomic mass is 16.7. The number of ether oxygens (including phenoxy) is 2. The second-order valence-corrected chi connectivity index (χ2v) is 4.77. The number of hydrogen-bond donors (Lipinski definition) is 5. The van der Waals surface area contributed by atoms with E-state index >= 15 is 0 Å². The summed E-state index contributed by atoms with van der Waals surface area (Å²) in [5, 5.41) is 37.8. The molecule has 0 radical (unpaired) electrons. The first-order valence-electron chi connectivity index (χ1n) is 6.74. The number of unbranched alkanes of at least 4 members (excludes halogenated alkanes) is 3. The van der Waals surface area contributed by atoms with E-state index in [1.807, 2.05) is 0 Å². The molecule has 1 saturated heterocycles. The molecule has 1 fully saturated rings. The monoisotopic (exact) mass is 279 g/mol. The molecule has 5 atom stereocenters. The molecular formula is C12H25NO6. The Kier molecular flexibility index (Phi) is 7.77. The fraction of sp³-hybridized carbons (Fsp3) is 1.00. The Labute approximate surface area is 112 Å². The molecular weight excluding hydrogens is 254 g/mol. The van der Waals surface area contributed by atoms with Gasteiger partial charge in [0.25, 0.3) is 0 Å². The second-order valence-electron chi connectivity index (χ2n) is 4.77. The summed E-state index contributed by atoms with van der Waals surface area (Å²) in [4.78, 5) is 0. The molecule has 1 aliphatic heterocycles. The smallest absolute Gasteiger partial charge is 0.186 e. The van der Waals surface area contributed by atoms with Crippen LogP contribution in [0.4, 0.5) is 0 Å². The van der Waals surface area contributed by atoms with Crippen molar-refractivity contribution in [3.63, 3.8) is 0 Å². The van der Waals surface area contributed by atoms with E-state index in [0.29, 0.717) is 13.2 Å². The van der Waals surface area contributed by atoms with Crippen molar-refractivity contribution in [3.8, 4) is 0 Å². The van der Waals surface area contributed by atoms with Crippen LogP contribution in [0.15, 0.2) is 0 Å². The molecule has 0 amide bonds. The van der Waals surface area contributed by atoms with Crippen LogP contribution in [0.3, 0.4) is 0 Å². The molecule has 1 heterocycles. The third-order valence-electron chi connectivity index (χ3n) is 3.23. The van der Waals surface area contributed by atoms with E-state index < -0.39 is 37.3 Å². The van der Waals surface area contributed by atoms with E-state index in [1.54, 1.807) is 0 Å². The average Bonchev–Trinajstić information content (AvgIpc) is 2.42. The Hall–Kier alpha value is -0.280. The van der Waals surface area contributed by atoms with Crippen molar-refractivity contribution < 1.29 is 29.9 Å². The van der Waals surface area contributed by atoms with Crippen molar-refractivity contribution in [2.45, 2.75) is 56.4 Å². The molecule has 0 unspecified atom stereocenters. The number of rotatable bonds is 8. The first kappa shape index (κ1) is 16.8. The van der Waals surface area contributed by atoms with Gasteiger partial charge in [-0.05, 0) is 19.4 Å². The van der Waals surface area contributed by atoms with Crippen molar-refractivity contribution in [2.75, 3.05) is 19.8 Å². The van der Waals surface area contributed by atoms with Crippen LogP contribution in [0, 0.1) is 0 Å². The maximum atomic E-state index is 9.70. The molecule has 6 N–H and O–H groups in total. The highest BCUT2D eigenvalue weighted by molar-refractivity contribution is 4.88. The maximum Gasteiger partial charge on any atom is 0.186 e. The third kappa shape index (κ3) is 4.96. The van der Waals surface area contributed by atoms with Gasteiger partial charge in [0.2, 0.25) is 0 Å². The van der Waals surface area contributed by atoms with Crippen LogP contribution in [0.2, 0.25) is 0 Å². The zero-order valence-electron chi connectivity index (χ0n) is 11.0. The molecule has 0 saturated carbocycles. The Bertz CT molecular complexity index is 240. The van der Waals surface area contributed by atoms with E-state index in [-0.39, 0.29) is 0 Å². The Balaban J connectivity index is 2.28. The average molecular weight is 279 g/mol. The summed E-state index contributed by atoms with van der Waals surface area (Å²) >= 11 is 0. The highest BCUT2D eigenvalue weighted by Gasteiger charge is 2.43. The van der Waals surface area contributed by atoms with Crippen molar-refractivity contribution in [2.24, 2.45) is 5.73 Å². The van der Waals surface area contributed by atoms with Gasteiger partial charge < -0.3 is 35.6 Å². The molecule has 0 aromatic rings. The number of nitrogens with two attached hydrogens (primary N) is 1. The quantitative estimate of drug-likeness (QED) is 0.336. The van der Waals surface area contributed by atoms with Gasteiger partial charge in [0.05, 0.1) is 6.61 Å². The summed E-state index contributed by atoms with van der Waals surface area (Å²) < 4.78 is 10.5. The van der Waals surface area contributed by atoms with Crippen LogP contribution < -0.4 is 5.73 Å². The van der Waals surface area contributed by atoms with Gasteiger partial charge in [-0.15, -0.1) is 0 Å². The zero-order valence-corrected chi connectivity index (χ0v) is 11.0. The van der Waals surface area contributed by atoms with Gasteiger partial charge in [0.15, 0.2) is 6.29 Å². The van der Waals surface area contributed by atoms with E-state index in [0.717, 1.165) is 25.7 Å². The van der Waals surface area contributed by atoms with E-state index in [1.165, 1.54) is 0 Å². The molecule has 1 aliphatic rings. The molecule has 0 aromatic carbocycles. The zero-order chi connectivity index (χ0) is 14.3.